The Morgan fingerprint density at radius 1 is 1.43 bits per heavy atom. The van der Waals surface area contributed by atoms with E-state index in [1.54, 1.807) is 30.3 Å². The van der Waals surface area contributed by atoms with E-state index in [1.165, 1.54) is 0 Å². The van der Waals surface area contributed by atoms with Gasteiger partial charge >= 0.3 is 5.09 Å². The van der Waals surface area contributed by atoms with Gasteiger partial charge in [-0.25, -0.2) is 4.94 Å². The highest BCUT2D eigenvalue weighted by Gasteiger charge is 2.04. The summed E-state index contributed by atoms with van der Waals surface area (Å²) >= 11 is 0. The number of nitrogens with one attached hydrogen (secondary N) is 1. The Morgan fingerprint density at radius 2 is 2.07 bits per heavy atom. The van der Waals surface area contributed by atoms with Gasteiger partial charge in [-0.2, -0.15) is 5.48 Å². The van der Waals surface area contributed by atoms with Gasteiger partial charge in [0.1, 0.15) is 0 Å². The van der Waals surface area contributed by atoms with Crippen molar-refractivity contribution in [1.82, 2.24) is 5.48 Å². The molecule has 1 rings (SSSR count). The van der Waals surface area contributed by atoms with Crippen molar-refractivity contribution in [3.05, 3.63) is 46.0 Å². The zero-order valence-electron chi connectivity index (χ0n) is 7.17. The molecule has 1 aromatic rings. The van der Waals surface area contributed by atoms with Gasteiger partial charge in [-0.15, -0.1) is 10.1 Å². The molecule has 0 aliphatic heterocycles. The molecule has 0 saturated carbocycles. The van der Waals surface area contributed by atoms with Crippen LogP contribution in [0.3, 0.4) is 0 Å². The largest absolute Gasteiger partial charge is 0.311 e. The second-order valence-electron chi connectivity index (χ2n) is 2.43. The fraction of sp³-hybridized carbons (Fsp3) is 0.125. The first-order valence-corrected chi connectivity index (χ1v) is 3.82. The van der Waals surface area contributed by atoms with Crippen LogP contribution in [0.2, 0.25) is 0 Å². The third-order valence-corrected chi connectivity index (χ3v) is 1.47. The highest BCUT2D eigenvalue weighted by molar-refractivity contribution is 5.97. The van der Waals surface area contributed by atoms with Crippen LogP contribution in [0.5, 0.6) is 0 Å². The molecule has 0 unspecified atom stereocenters. The minimum Gasteiger partial charge on any atom is -0.293 e. The predicted octanol–water partition coefficient (Wildman–Crippen LogP) is 0.582. The third-order valence-electron chi connectivity index (χ3n) is 1.47. The fourth-order valence-electron chi connectivity index (χ4n) is 0.877. The minimum absolute atomic E-state index is 0.231. The van der Waals surface area contributed by atoms with E-state index < -0.39 is 5.09 Å². The van der Waals surface area contributed by atoms with Gasteiger partial charge in [0.2, 0.25) is 0 Å². The zero-order chi connectivity index (χ0) is 10.4. The van der Waals surface area contributed by atoms with E-state index in [4.69, 9.17) is 0 Å². The van der Waals surface area contributed by atoms with Crippen LogP contribution in [-0.2, 0) is 4.94 Å². The molecule has 0 spiro atoms. The van der Waals surface area contributed by atoms with Crippen molar-refractivity contribution in [2.45, 2.75) is 0 Å². The minimum atomic E-state index is -1.02. The van der Waals surface area contributed by atoms with Gasteiger partial charge in [0.25, 0.3) is 0 Å². The quantitative estimate of drug-likeness (QED) is 0.423. The summed E-state index contributed by atoms with van der Waals surface area (Å²) in [4.78, 5) is 24.8. The van der Waals surface area contributed by atoms with E-state index in [2.05, 4.69) is 4.94 Å². The summed E-state index contributed by atoms with van der Waals surface area (Å²) in [5.74, 6) is -0.271. The van der Waals surface area contributed by atoms with E-state index in [0.717, 1.165) is 0 Å². The molecule has 0 aromatic heterocycles. The standard InChI is InChI=1S/C8H8N2O4/c11-8(6-9-14-10(12)13)7-4-2-1-3-5-7/h1-5,9H,6H2. The molecule has 0 saturated heterocycles. The Morgan fingerprint density at radius 3 is 2.64 bits per heavy atom. The first-order chi connectivity index (χ1) is 6.70. The van der Waals surface area contributed by atoms with Gasteiger partial charge in [-0.3, -0.25) is 4.79 Å². The molecule has 0 aliphatic rings. The van der Waals surface area contributed by atoms with Crippen LogP contribution in [0, 0.1) is 10.1 Å². The van der Waals surface area contributed by atoms with E-state index in [0.29, 0.717) is 5.56 Å². The predicted molar refractivity (Wildman–Crippen MR) is 46.9 cm³/mol. The molecule has 0 fully saturated rings. The Labute approximate surface area is 79.5 Å². The lowest BCUT2D eigenvalue weighted by Gasteiger charge is -2.00. The Balaban J connectivity index is 2.40. The third kappa shape index (κ3) is 3.20. The average molecular weight is 196 g/mol. The molecule has 0 amide bonds. The average Bonchev–Trinajstić information content (AvgIpc) is 2.18. The topological polar surface area (TPSA) is 81.5 Å². The first kappa shape index (κ1) is 10.1. The van der Waals surface area contributed by atoms with E-state index in [1.807, 2.05) is 5.48 Å². The van der Waals surface area contributed by atoms with Crippen LogP contribution in [0.15, 0.2) is 30.3 Å². The monoisotopic (exact) mass is 196 g/mol. The second kappa shape index (κ2) is 4.93. The normalized spacial score (nSPS) is 9.43. The number of benzene rings is 1. The second-order valence-corrected chi connectivity index (χ2v) is 2.43. The maximum Gasteiger partial charge on any atom is 0.311 e. The Hall–Kier alpha value is -1.95. The molecule has 0 heterocycles. The van der Waals surface area contributed by atoms with Gasteiger partial charge in [-0.05, 0) is 0 Å². The van der Waals surface area contributed by atoms with Gasteiger partial charge in [0.15, 0.2) is 5.78 Å². The molecule has 1 aromatic carbocycles. The van der Waals surface area contributed by atoms with E-state index >= 15 is 0 Å². The Kier molecular flexibility index (Phi) is 3.57. The summed E-state index contributed by atoms with van der Waals surface area (Å²) < 4.78 is 0. The highest BCUT2D eigenvalue weighted by Crippen LogP contribution is 1.98. The first-order valence-electron chi connectivity index (χ1n) is 3.82. The lowest BCUT2D eigenvalue weighted by molar-refractivity contribution is -0.775. The molecule has 74 valence electrons. The van der Waals surface area contributed by atoms with Gasteiger partial charge in [-0.1, -0.05) is 30.3 Å². The number of rotatable bonds is 5. The maximum atomic E-state index is 11.3. The molecule has 6 nitrogen and oxygen atoms in total. The van der Waals surface area contributed by atoms with Gasteiger partial charge in [0.05, 0.1) is 6.54 Å². The number of nitrogens with zero attached hydrogens (tertiary/aromatic N) is 1. The lowest BCUT2D eigenvalue weighted by atomic mass is 10.1. The molecular weight excluding hydrogens is 188 g/mol. The highest BCUT2D eigenvalue weighted by atomic mass is 17.0. The van der Waals surface area contributed by atoms with Crippen LogP contribution < -0.4 is 5.48 Å². The summed E-state index contributed by atoms with van der Waals surface area (Å²) in [6.45, 7) is -0.231. The molecule has 1 N–H and O–H groups in total. The number of hydrogen-bond donors (Lipinski definition) is 1. The summed E-state index contributed by atoms with van der Waals surface area (Å²) in [5.41, 5.74) is 2.41. The van der Waals surface area contributed by atoms with Crippen molar-refractivity contribution in [2.24, 2.45) is 0 Å². The Bertz CT molecular complexity index is 325. The number of ketones is 1. The summed E-state index contributed by atoms with van der Waals surface area (Å²) in [6, 6.07) is 8.44. The van der Waals surface area contributed by atoms with Crippen molar-refractivity contribution in [3.8, 4) is 0 Å². The van der Waals surface area contributed by atoms with Crippen molar-refractivity contribution in [1.29, 1.82) is 0 Å². The van der Waals surface area contributed by atoms with Crippen LogP contribution in [0.4, 0.5) is 0 Å². The zero-order valence-corrected chi connectivity index (χ0v) is 7.17. The summed E-state index contributed by atoms with van der Waals surface area (Å²) in [6.07, 6.45) is 0. The number of hydrogen-bond acceptors (Lipinski definition) is 5. The summed E-state index contributed by atoms with van der Waals surface area (Å²) in [5, 5.41) is 8.71. The van der Waals surface area contributed by atoms with Crippen molar-refractivity contribution in [3.63, 3.8) is 0 Å². The van der Waals surface area contributed by atoms with Gasteiger partial charge < -0.3 is 0 Å². The molecule has 0 atom stereocenters. The molecular formula is C8H8N2O4. The van der Waals surface area contributed by atoms with E-state index in [9.17, 15) is 14.9 Å². The number of carbonyl (C=O) groups excluding carboxylic acids is 1. The van der Waals surface area contributed by atoms with Crippen LogP contribution in [0.25, 0.3) is 0 Å². The van der Waals surface area contributed by atoms with Gasteiger partial charge in [0, 0.05) is 5.56 Å². The SMILES string of the molecule is O=C(CNO[N+](=O)[O-])c1ccccc1. The van der Waals surface area contributed by atoms with Crippen molar-refractivity contribution < 1.29 is 14.8 Å². The van der Waals surface area contributed by atoms with Crippen LogP contribution in [0.1, 0.15) is 10.4 Å². The van der Waals surface area contributed by atoms with Crippen LogP contribution >= 0.6 is 0 Å². The molecule has 0 radical (unpaired) electrons. The lowest BCUT2D eigenvalue weighted by Crippen LogP contribution is -2.25. The van der Waals surface area contributed by atoms with Crippen molar-refractivity contribution >= 4 is 5.78 Å². The fourth-order valence-corrected chi connectivity index (χ4v) is 0.877. The van der Waals surface area contributed by atoms with Crippen molar-refractivity contribution in [2.75, 3.05) is 6.54 Å². The number of carbonyl (C=O) groups is 1. The smallest absolute Gasteiger partial charge is 0.293 e. The molecule has 0 bridgehead atoms. The number of Topliss-reactive ketones (excluding diaryl/α,β-unsaturated/α-hetero) is 1. The molecule has 14 heavy (non-hydrogen) atoms. The molecule has 6 heteroatoms. The van der Waals surface area contributed by atoms with Crippen LogP contribution in [-0.4, -0.2) is 17.4 Å². The van der Waals surface area contributed by atoms with E-state index in [-0.39, 0.29) is 12.3 Å². The molecule has 0 aliphatic carbocycles. The summed E-state index contributed by atoms with van der Waals surface area (Å²) in [7, 11) is 0. The maximum absolute atomic E-state index is 11.3. The number of hydroxylamine groups is 1.